The van der Waals surface area contributed by atoms with E-state index in [4.69, 9.17) is 9.47 Å². The van der Waals surface area contributed by atoms with Gasteiger partial charge in [-0.15, -0.1) is 0 Å². The summed E-state index contributed by atoms with van der Waals surface area (Å²) >= 11 is 0. The van der Waals surface area contributed by atoms with Crippen molar-refractivity contribution in [3.05, 3.63) is 53.3 Å². The number of ether oxygens (including phenoxy) is 2. The molecule has 0 aliphatic rings. The van der Waals surface area contributed by atoms with E-state index in [9.17, 15) is 27.2 Å². The van der Waals surface area contributed by atoms with Crippen molar-refractivity contribution in [2.45, 2.75) is 32.5 Å². The van der Waals surface area contributed by atoms with Gasteiger partial charge in [0.2, 0.25) is 0 Å². The molecule has 0 radical (unpaired) electrons. The van der Waals surface area contributed by atoms with Crippen LogP contribution in [0.1, 0.15) is 36.7 Å². The minimum atomic E-state index is -4.70. The molecule has 0 heterocycles. The molecule has 0 aliphatic heterocycles. The largest absolute Gasteiger partial charge is 0.497 e. The average molecular weight is 428 g/mol. The Morgan fingerprint density at radius 3 is 2.20 bits per heavy atom. The minimum absolute atomic E-state index is 0.113. The van der Waals surface area contributed by atoms with E-state index in [2.05, 4.69) is 10.6 Å². The molecular formula is C20H20F4N2O4. The Bertz CT molecular complexity index is 953. The number of anilines is 2. The molecule has 30 heavy (non-hydrogen) atoms. The Labute approximate surface area is 170 Å². The van der Waals surface area contributed by atoms with Crippen LogP contribution in [0.15, 0.2) is 36.4 Å². The van der Waals surface area contributed by atoms with Gasteiger partial charge in [-0.2, -0.15) is 13.2 Å². The van der Waals surface area contributed by atoms with Gasteiger partial charge in [0.05, 0.1) is 18.4 Å². The van der Waals surface area contributed by atoms with Crippen molar-refractivity contribution in [3.63, 3.8) is 0 Å². The summed E-state index contributed by atoms with van der Waals surface area (Å²) in [6, 6.07) is 5.78. The molecule has 0 atom stereocenters. The smallest absolute Gasteiger partial charge is 0.416 e. The first-order chi connectivity index (χ1) is 13.8. The van der Waals surface area contributed by atoms with E-state index in [-0.39, 0.29) is 22.7 Å². The SMILES string of the molecule is COc1cc(C(=O)Nc2cc(NC(=O)OC(C)(C)C)ccc2F)cc(C(F)(F)F)c1. The van der Waals surface area contributed by atoms with E-state index in [0.717, 1.165) is 31.4 Å². The van der Waals surface area contributed by atoms with Crippen LogP contribution >= 0.6 is 0 Å². The number of methoxy groups -OCH3 is 1. The number of hydrogen-bond acceptors (Lipinski definition) is 4. The number of amides is 2. The normalized spacial score (nSPS) is 11.6. The molecule has 0 aromatic heterocycles. The fourth-order valence-electron chi connectivity index (χ4n) is 2.33. The zero-order valence-corrected chi connectivity index (χ0v) is 16.6. The first kappa shape index (κ1) is 23.0. The Morgan fingerprint density at radius 1 is 0.967 bits per heavy atom. The minimum Gasteiger partial charge on any atom is -0.497 e. The molecule has 162 valence electrons. The molecule has 0 fully saturated rings. The van der Waals surface area contributed by atoms with Gasteiger partial charge < -0.3 is 14.8 Å². The maximum atomic E-state index is 14.1. The van der Waals surface area contributed by atoms with E-state index < -0.39 is 35.2 Å². The summed E-state index contributed by atoms with van der Waals surface area (Å²) < 4.78 is 63.1. The lowest BCUT2D eigenvalue weighted by Crippen LogP contribution is -2.27. The van der Waals surface area contributed by atoms with Crippen LogP contribution in [0.2, 0.25) is 0 Å². The number of halogens is 4. The Balaban J connectivity index is 2.26. The molecule has 2 aromatic rings. The average Bonchev–Trinajstić information content (AvgIpc) is 2.61. The lowest BCUT2D eigenvalue weighted by atomic mass is 10.1. The van der Waals surface area contributed by atoms with Gasteiger partial charge in [-0.05, 0) is 57.2 Å². The van der Waals surface area contributed by atoms with Crippen LogP contribution in [0.4, 0.5) is 33.7 Å². The van der Waals surface area contributed by atoms with Crippen molar-refractivity contribution >= 4 is 23.4 Å². The summed E-state index contributed by atoms with van der Waals surface area (Å²) in [6.45, 7) is 4.98. The number of carbonyl (C=O) groups is 2. The lowest BCUT2D eigenvalue weighted by molar-refractivity contribution is -0.137. The molecule has 2 rings (SSSR count). The highest BCUT2D eigenvalue weighted by Crippen LogP contribution is 2.33. The van der Waals surface area contributed by atoms with Crippen LogP contribution in [0, 0.1) is 5.82 Å². The molecule has 0 aliphatic carbocycles. The van der Waals surface area contributed by atoms with Gasteiger partial charge in [-0.3, -0.25) is 10.1 Å². The third kappa shape index (κ3) is 6.36. The van der Waals surface area contributed by atoms with Crippen molar-refractivity contribution < 1.29 is 36.6 Å². The van der Waals surface area contributed by atoms with E-state index in [1.54, 1.807) is 20.8 Å². The topological polar surface area (TPSA) is 76.7 Å². The molecule has 2 aromatic carbocycles. The third-order valence-electron chi connectivity index (χ3n) is 3.59. The summed E-state index contributed by atoms with van der Waals surface area (Å²) in [5.74, 6) is -2.03. The van der Waals surface area contributed by atoms with Crippen molar-refractivity contribution in [1.82, 2.24) is 0 Å². The molecule has 0 saturated heterocycles. The molecule has 0 spiro atoms. The number of hydrogen-bond donors (Lipinski definition) is 2. The van der Waals surface area contributed by atoms with Crippen LogP contribution in [0.25, 0.3) is 0 Å². The van der Waals surface area contributed by atoms with Crippen LogP contribution in [-0.4, -0.2) is 24.7 Å². The van der Waals surface area contributed by atoms with Gasteiger partial charge >= 0.3 is 12.3 Å². The first-order valence-corrected chi connectivity index (χ1v) is 8.65. The number of carbonyl (C=O) groups excluding carboxylic acids is 2. The van der Waals surface area contributed by atoms with Crippen LogP contribution < -0.4 is 15.4 Å². The van der Waals surface area contributed by atoms with Gasteiger partial charge in [-0.25, -0.2) is 9.18 Å². The highest BCUT2D eigenvalue weighted by molar-refractivity contribution is 6.05. The molecule has 6 nitrogen and oxygen atoms in total. The monoisotopic (exact) mass is 428 g/mol. The van der Waals surface area contributed by atoms with Gasteiger partial charge in [0.25, 0.3) is 5.91 Å². The molecular weight excluding hydrogens is 408 g/mol. The van der Waals surface area contributed by atoms with Crippen molar-refractivity contribution in [2.24, 2.45) is 0 Å². The number of rotatable bonds is 4. The van der Waals surface area contributed by atoms with Crippen LogP contribution in [0.3, 0.4) is 0 Å². The molecule has 0 unspecified atom stereocenters. The quantitative estimate of drug-likeness (QED) is 0.635. The Morgan fingerprint density at radius 2 is 1.63 bits per heavy atom. The van der Waals surface area contributed by atoms with E-state index in [1.807, 2.05) is 0 Å². The van der Waals surface area contributed by atoms with E-state index in [1.165, 1.54) is 6.07 Å². The predicted octanol–water partition coefficient (Wildman–Crippen LogP) is 5.45. The fraction of sp³-hybridized carbons (Fsp3) is 0.300. The maximum Gasteiger partial charge on any atom is 0.416 e. The second-order valence-electron chi connectivity index (χ2n) is 7.22. The Hall–Kier alpha value is -3.30. The van der Waals surface area contributed by atoms with Crippen LogP contribution in [0.5, 0.6) is 5.75 Å². The highest BCUT2D eigenvalue weighted by Gasteiger charge is 2.32. The first-order valence-electron chi connectivity index (χ1n) is 8.65. The second-order valence-corrected chi connectivity index (χ2v) is 7.22. The van der Waals surface area contributed by atoms with E-state index >= 15 is 0 Å². The Kier molecular flexibility index (Phi) is 6.59. The second kappa shape index (κ2) is 8.60. The standard InChI is InChI=1S/C20H20F4N2O4/c1-19(2,3)30-18(28)25-13-5-6-15(21)16(10-13)26-17(27)11-7-12(20(22,23)24)9-14(8-11)29-4/h5-10H,1-4H3,(H,25,28)(H,26,27). The predicted molar refractivity (Wildman–Crippen MR) is 102 cm³/mol. The van der Waals surface area contributed by atoms with Gasteiger partial charge in [-0.1, -0.05) is 0 Å². The molecule has 2 amide bonds. The summed E-state index contributed by atoms with van der Waals surface area (Å²) in [7, 11) is 1.16. The summed E-state index contributed by atoms with van der Waals surface area (Å²) in [4.78, 5) is 24.3. The van der Waals surface area contributed by atoms with Crippen molar-refractivity contribution in [2.75, 3.05) is 17.7 Å². The van der Waals surface area contributed by atoms with Crippen molar-refractivity contribution in [1.29, 1.82) is 0 Å². The molecule has 10 heteroatoms. The van der Waals surface area contributed by atoms with Gasteiger partial charge in [0.15, 0.2) is 0 Å². The van der Waals surface area contributed by atoms with Gasteiger partial charge in [0, 0.05) is 11.3 Å². The summed E-state index contributed by atoms with van der Waals surface area (Å²) in [5, 5.41) is 4.57. The third-order valence-corrected chi connectivity index (χ3v) is 3.59. The van der Waals surface area contributed by atoms with Crippen LogP contribution in [-0.2, 0) is 10.9 Å². The lowest BCUT2D eigenvalue weighted by Gasteiger charge is -2.20. The fourth-order valence-corrected chi connectivity index (χ4v) is 2.33. The zero-order chi connectivity index (χ0) is 22.7. The molecule has 0 bridgehead atoms. The number of nitrogens with one attached hydrogen (secondary N) is 2. The summed E-state index contributed by atoms with van der Waals surface area (Å²) in [6.07, 6.45) is -5.50. The molecule has 0 saturated carbocycles. The van der Waals surface area contributed by atoms with Crippen molar-refractivity contribution in [3.8, 4) is 5.75 Å². The summed E-state index contributed by atoms with van der Waals surface area (Å²) in [5.41, 5.74) is -2.46. The highest BCUT2D eigenvalue weighted by atomic mass is 19.4. The number of benzene rings is 2. The maximum absolute atomic E-state index is 14.1. The van der Waals surface area contributed by atoms with Gasteiger partial charge in [0.1, 0.15) is 17.2 Å². The number of alkyl halides is 3. The van der Waals surface area contributed by atoms with E-state index in [0.29, 0.717) is 6.07 Å². The molecule has 2 N–H and O–H groups in total. The zero-order valence-electron chi connectivity index (χ0n) is 16.6.